The van der Waals surface area contributed by atoms with E-state index in [9.17, 15) is 0 Å². The Labute approximate surface area is 81.3 Å². The van der Waals surface area contributed by atoms with Gasteiger partial charge in [-0.1, -0.05) is 0 Å². The first-order valence-corrected chi connectivity index (χ1v) is 6.22. The highest BCUT2D eigenvalue weighted by Gasteiger charge is 2.25. The number of thioether (sulfide) groups is 2. The summed E-state index contributed by atoms with van der Waals surface area (Å²) in [6.07, 6.45) is 5.02. The molecule has 2 N–H and O–H groups in total. The van der Waals surface area contributed by atoms with Crippen molar-refractivity contribution in [2.24, 2.45) is 21.9 Å². The van der Waals surface area contributed by atoms with Crippen molar-refractivity contribution >= 4 is 33.6 Å². The van der Waals surface area contributed by atoms with Gasteiger partial charge in [0.2, 0.25) is 0 Å². The van der Waals surface area contributed by atoms with Crippen molar-refractivity contribution in [2.45, 2.75) is 6.42 Å². The Morgan fingerprint density at radius 2 is 1.75 bits per heavy atom. The Morgan fingerprint density at radius 3 is 2.08 bits per heavy atom. The van der Waals surface area contributed by atoms with Crippen molar-refractivity contribution in [3.63, 3.8) is 0 Å². The van der Waals surface area contributed by atoms with Crippen molar-refractivity contribution in [3.8, 4) is 0 Å². The maximum Gasteiger partial charge on any atom is 0.105 e. The standard InChI is InChI=1S/C7H13N3S2/c1-11-6-5(3-4-8)7(12-2)10-9-6/h5H,3-4,8H2,1-2H3. The second kappa shape index (κ2) is 4.89. The highest BCUT2D eigenvalue weighted by atomic mass is 32.2. The third kappa shape index (κ3) is 2.02. The van der Waals surface area contributed by atoms with Gasteiger partial charge in [0, 0.05) is 0 Å². The summed E-state index contributed by atoms with van der Waals surface area (Å²) in [5.41, 5.74) is 5.51. The fourth-order valence-electron chi connectivity index (χ4n) is 1.12. The molecule has 0 aromatic rings. The van der Waals surface area contributed by atoms with Crippen LogP contribution in [0, 0.1) is 5.92 Å². The fraction of sp³-hybridized carbons (Fsp3) is 0.714. The molecule has 0 fully saturated rings. The molecule has 12 heavy (non-hydrogen) atoms. The minimum absolute atomic E-state index is 0.375. The van der Waals surface area contributed by atoms with Crippen LogP contribution in [0.4, 0.5) is 0 Å². The zero-order valence-electron chi connectivity index (χ0n) is 7.28. The van der Waals surface area contributed by atoms with Crippen molar-refractivity contribution < 1.29 is 0 Å². The summed E-state index contributed by atoms with van der Waals surface area (Å²) in [6.45, 7) is 0.698. The molecule has 0 spiro atoms. The molecule has 1 rings (SSSR count). The number of hydrogen-bond acceptors (Lipinski definition) is 5. The molecule has 0 atom stereocenters. The second-order valence-electron chi connectivity index (χ2n) is 2.41. The van der Waals surface area contributed by atoms with Gasteiger partial charge in [0.05, 0.1) is 5.92 Å². The van der Waals surface area contributed by atoms with Crippen LogP contribution >= 0.6 is 23.5 Å². The van der Waals surface area contributed by atoms with Crippen LogP contribution in [-0.2, 0) is 0 Å². The molecule has 0 bridgehead atoms. The highest BCUT2D eigenvalue weighted by molar-refractivity contribution is 8.15. The molecule has 68 valence electrons. The first-order valence-electron chi connectivity index (χ1n) is 3.77. The van der Waals surface area contributed by atoms with Crippen molar-refractivity contribution in [1.82, 2.24) is 0 Å². The zero-order valence-corrected chi connectivity index (χ0v) is 8.91. The second-order valence-corrected chi connectivity index (χ2v) is 4.07. The quantitative estimate of drug-likeness (QED) is 0.738. The van der Waals surface area contributed by atoms with Gasteiger partial charge in [-0.3, -0.25) is 0 Å². The maximum absolute atomic E-state index is 5.51. The predicted octanol–water partition coefficient (Wildman–Crippen LogP) is 1.40. The molecule has 0 unspecified atom stereocenters. The van der Waals surface area contributed by atoms with Crippen LogP contribution in [0.3, 0.4) is 0 Å². The van der Waals surface area contributed by atoms with Gasteiger partial charge in [-0.15, -0.1) is 33.7 Å². The van der Waals surface area contributed by atoms with E-state index in [1.165, 1.54) is 0 Å². The van der Waals surface area contributed by atoms with E-state index in [4.69, 9.17) is 5.73 Å². The largest absolute Gasteiger partial charge is 0.330 e. The van der Waals surface area contributed by atoms with Gasteiger partial charge in [0.1, 0.15) is 10.1 Å². The molecule has 3 nitrogen and oxygen atoms in total. The summed E-state index contributed by atoms with van der Waals surface area (Å²) < 4.78 is 0. The zero-order chi connectivity index (χ0) is 8.97. The first-order chi connectivity index (χ1) is 5.83. The normalized spacial score (nSPS) is 17.9. The van der Waals surface area contributed by atoms with Crippen LogP contribution < -0.4 is 5.73 Å². The SMILES string of the molecule is CSC1=NN=C(SC)C1CCN. The predicted molar refractivity (Wildman–Crippen MR) is 59.1 cm³/mol. The Kier molecular flexibility index (Phi) is 4.11. The Morgan fingerprint density at radius 1 is 1.25 bits per heavy atom. The van der Waals surface area contributed by atoms with Crippen LogP contribution in [0.2, 0.25) is 0 Å². The lowest BCUT2D eigenvalue weighted by Gasteiger charge is -2.10. The van der Waals surface area contributed by atoms with E-state index >= 15 is 0 Å². The molecule has 5 heteroatoms. The summed E-state index contributed by atoms with van der Waals surface area (Å²) in [4.78, 5) is 0. The van der Waals surface area contributed by atoms with Crippen molar-refractivity contribution in [3.05, 3.63) is 0 Å². The molecule has 1 aliphatic heterocycles. The summed E-state index contributed by atoms with van der Waals surface area (Å²) in [6, 6.07) is 0. The van der Waals surface area contributed by atoms with Gasteiger partial charge in [-0.25, -0.2) is 0 Å². The molecule has 0 saturated carbocycles. The van der Waals surface area contributed by atoms with Crippen LogP contribution in [-0.4, -0.2) is 29.1 Å². The van der Waals surface area contributed by atoms with Gasteiger partial charge in [-0.05, 0) is 25.5 Å². The Hall–Kier alpha value is -0.0000000000000000763. The molecule has 0 aromatic heterocycles. The Bertz CT molecular complexity index is 193. The molecular formula is C7H13N3S2. The molecule has 0 amide bonds. The first kappa shape index (κ1) is 10.1. The number of rotatable bonds is 2. The van der Waals surface area contributed by atoms with E-state index in [2.05, 4.69) is 10.2 Å². The van der Waals surface area contributed by atoms with Crippen LogP contribution in [0.25, 0.3) is 0 Å². The third-order valence-corrected chi connectivity index (χ3v) is 3.29. The van der Waals surface area contributed by atoms with Crippen LogP contribution in [0.15, 0.2) is 10.2 Å². The van der Waals surface area contributed by atoms with E-state index in [0.717, 1.165) is 16.5 Å². The van der Waals surface area contributed by atoms with Crippen LogP contribution in [0.5, 0.6) is 0 Å². The van der Waals surface area contributed by atoms with E-state index < -0.39 is 0 Å². The van der Waals surface area contributed by atoms with E-state index in [1.54, 1.807) is 23.5 Å². The minimum atomic E-state index is 0.375. The van der Waals surface area contributed by atoms with Crippen molar-refractivity contribution in [2.75, 3.05) is 19.1 Å². The Balaban J connectivity index is 2.62. The summed E-state index contributed by atoms with van der Waals surface area (Å²) >= 11 is 3.33. The van der Waals surface area contributed by atoms with E-state index in [0.29, 0.717) is 12.5 Å². The van der Waals surface area contributed by atoms with Gasteiger partial charge < -0.3 is 5.73 Å². The molecule has 0 aromatic carbocycles. The van der Waals surface area contributed by atoms with Gasteiger partial charge >= 0.3 is 0 Å². The molecule has 0 saturated heterocycles. The monoisotopic (exact) mass is 203 g/mol. The number of nitrogens with two attached hydrogens (primary N) is 1. The molecule has 1 aliphatic rings. The molecule has 1 heterocycles. The average Bonchev–Trinajstić information content (AvgIpc) is 2.48. The van der Waals surface area contributed by atoms with E-state index in [-0.39, 0.29) is 0 Å². The summed E-state index contributed by atoms with van der Waals surface area (Å²) in [7, 11) is 0. The number of hydrogen-bond donors (Lipinski definition) is 1. The van der Waals surface area contributed by atoms with Crippen LogP contribution in [0.1, 0.15) is 6.42 Å². The summed E-state index contributed by atoms with van der Waals surface area (Å²) in [5.74, 6) is 0.375. The van der Waals surface area contributed by atoms with Gasteiger partial charge in [0.15, 0.2) is 0 Å². The highest BCUT2D eigenvalue weighted by Crippen LogP contribution is 2.26. The minimum Gasteiger partial charge on any atom is -0.330 e. The van der Waals surface area contributed by atoms with Gasteiger partial charge in [0.25, 0.3) is 0 Å². The lowest BCUT2D eigenvalue weighted by molar-refractivity contribution is 0.807. The fourth-order valence-corrected chi connectivity index (χ4v) is 2.47. The van der Waals surface area contributed by atoms with E-state index in [1.807, 2.05) is 12.5 Å². The van der Waals surface area contributed by atoms with Crippen molar-refractivity contribution in [1.29, 1.82) is 0 Å². The molecular weight excluding hydrogens is 190 g/mol. The molecule has 0 aliphatic carbocycles. The smallest absolute Gasteiger partial charge is 0.105 e. The maximum atomic E-state index is 5.51. The molecule has 0 radical (unpaired) electrons. The number of nitrogens with zero attached hydrogens (tertiary/aromatic N) is 2. The third-order valence-electron chi connectivity index (χ3n) is 1.72. The lowest BCUT2D eigenvalue weighted by atomic mass is 10.1. The average molecular weight is 203 g/mol. The topological polar surface area (TPSA) is 50.7 Å². The van der Waals surface area contributed by atoms with Gasteiger partial charge in [-0.2, -0.15) is 0 Å². The summed E-state index contributed by atoms with van der Waals surface area (Å²) in [5, 5.41) is 10.4. The lowest BCUT2D eigenvalue weighted by Crippen LogP contribution is -2.19.